The maximum absolute atomic E-state index is 13.2. The second-order valence-corrected chi connectivity index (χ2v) is 8.38. The van der Waals surface area contributed by atoms with Crippen LogP contribution in [0.4, 0.5) is 5.82 Å². The van der Waals surface area contributed by atoms with Crippen molar-refractivity contribution in [2.75, 3.05) is 31.6 Å². The number of fused-ring (bicyclic) bond motifs is 1. The lowest BCUT2D eigenvalue weighted by Gasteiger charge is -2.32. The van der Waals surface area contributed by atoms with Gasteiger partial charge < -0.3 is 19.5 Å². The molecule has 2 aliphatic rings. The molecule has 2 aromatic heterocycles. The summed E-state index contributed by atoms with van der Waals surface area (Å²) in [7, 11) is 1.94. The summed E-state index contributed by atoms with van der Waals surface area (Å²) in [5.74, 6) is 0.675. The normalized spacial score (nSPS) is 19.8. The van der Waals surface area contributed by atoms with Crippen molar-refractivity contribution in [1.82, 2.24) is 19.2 Å². The molecule has 0 bridgehead atoms. The molecular weight excluding hydrogens is 394 g/mol. The highest BCUT2D eigenvalue weighted by Gasteiger charge is 2.29. The maximum atomic E-state index is 13.2. The summed E-state index contributed by atoms with van der Waals surface area (Å²) in [6, 6.07) is 12.0. The second-order valence-electron chi connectivity index (χ2n) is 8.38. The molecule has 1 aromatic carbocycles. The molecule has 2 amide bonds. The van der Waals surface area contributed by atoms with Gasteiger partial charge in [-0.3, -0.25) is 9.59 Å². The number of benzene rings is 1. The Morgan fingerprint density at radius 3 is 2.68 bits per heavy atom. The number of para-hydroxylation sites is 1. The third-order valence-corrected chi connectivity index (χ3v) is 6.49. The standard InChI is InChI=1S/C23H27N5O3/c1-26-19-5-3-2-4-16(19)14-20(26)23(30)27-11-7-18(8-12-27)28-21(6-10-24-28)25-22(29)17-9-13-31-15-17/h2-6,10,14,17-18H,7-9,11-13,15H2,1H3,(H,25,29)/t17-/m0/s1. The molecule has 0 saturated carbocycles. The van der Waals surface area contributed by atoms with E-state index in [4.69, 9.17) is 4.74 Å². The van der Waals surface area contributed by atoms with Gasteiger partial charge in [0.15, 0.2) is 0 Å². The number of nitrogens with zero attached hydrogens (tertiary/aromatic N) is 4. The fourth-order valence-corrected chi connectivity index (χ4v) is 4.64. The molecule has 1 N–H and O–H groups in total. The van der Waals surface area contributed by atoms with Crippen LogP contribution in [0.25, 0.3) is 10.9 Å². The topological polar surface area (TPSA) is 81.4 Å². The number of aryl methyl sites for hydroxylation is 1. The fourth-order valence-electron chi connectivity index (χ4n) is 4.64. The fraction of sp³-hybridized carbons (Fsp3) is 0.435. The highest BCUT2D eigenvalue weighted by atomic mass is 16.5. The number of hydrogen-bond acceptors (Lipinski definition) is 4. The zero-order valence-electron chi connectivity index (χ0n) is 17.7. The van der Waals surface area contributed by atoms with Crippen LogP contribution >= 0.6 is 0 Å². The van der Waals surface area contributed by atoms with E-state index in [1.54, 1.807) is 6.20 Å². The number of hydrogen-bond donors (Lipinski definition) is 1. The number of ether oxygens (including phenoxy) is 1. The van der Waals surface area contributed by atoms with E-state index in [0.29, 0.717) is 32.0 Å². The molecule has 2 saturated heterocycles. The van der Waals surface area contributed by atoms with Crippen molar-refractivity contribution in [3.05, 3.63) is 48.3 Å². The average molecular weight is 422 g/mol. The third kappa shape index (κ3) is 3.72. The molecule has 0 unspecified atom stereocenters. The van der Waals surface area contributed by atoms with Crippen LogP contribution in [0.3, 0.4) is 0 Å². The van der Waals surface area contributed by atoms with E-state index in [1.165, 1.54) is 0 Å². The molecule has 31 heavy (non-hydrogen) atoms. The molecule has 2 aliphatic heterocycles. The number of nitrogens with one attached hydrogen (secondary N) is 1. The molecular formula is C23H27N5O3. The summed E-state index contributed by atoms with van der Waals surface area (Å²) in [4.78, 5) is 27.5. The van der Waals surface area contributed by atoms with Crippen molar-refractivity contribution in [3.63, 3.8) is 0 Å². The minimum absolute atomic E-state index is 0.0114. The molecule has 8 heteroatoms. The van der Waals surface area contributed by atoms with Gasteiger partial charge >= 0.3 is 0 Å². The first kappa shape index (κ1) is 19.8. The van der Waals surface area contributed by atoms with Crippen molar-refractivity contribution >= 4 is 28.5 Å². The molecule has 4 heterocycles. The van der Waals surface area contributed by atoms with Gasteiger partial charge in [0, 0.05) is 43.7 Å². The lowest BCUT2D eigenvalue weighted by molar-refractivity contribution is -0.119. The van der Waals surface area contributed by atoms with Gasteiger partial charge in [-0.05, 0) is 31.4 Å². The van der Waals surface area contributed by atoms with Gasteiger partial charge in [0.25, 0.3) is 5.91 Å². The highest BCUT2D eigenvalue weighted by Crippen LogP contribution is 2.28. The van der Waals surface area contributed by atoms with Crippen LogP contribution in [0.15, 0.2) is 42.6 Å². The Kier molecular flexibility index (Phi) is 5.23. The molecule has 0 aliphatic carbocycles. The van der Waals surface area contributed by atoms with Gasteiger partial charge in [-0.1, -0.05) is 18.2 Å². The molecule has 3 aromatic rings. The van der Waals surface area contributed by atoms with Gasteiger partial charge in [0.2, 0.25) is 5.91 Å². The number of amides is 2. The molecule has 0 radical (unpaired) electrons. The van der Waals surface area contributed by atoms with Crippen molar-refractivity contribution in [1.29, 1.82) is 0 Å². The Morgan fingerprint density at radius 2 is 1.94 bits per heavy atom. The number of carbonyl (C=O) groups is 2. The first-order chi connectivity index (χ1) is 15.1. The molecule has 1 atom stereocenters. The second kappa shape index (κ2) is 8.19. The van der Waals surface area contributed by atoms with Crippen LogP contribution in [0, 0.1) is 5.92 Å². The first-order valence-corrected chi connectivity index (χ1v) is 10.9. The van der Waals surface area contributed by atoms with E-state index in [0.717, 1.165) is 36.0 Å². The van der Waals surface area contributed by atoms with Crippen LogP contribution in [-0.4, -0.2) is 57.4 Å². The SMILES string of the molecule is Cn1c(C(=O)N2CCC(n3nccc3NC(=O)[C@H]3CCOC3)CC2)cc2ccccc21. The lowest BCUT2D eigenvalue weighted by atomic mass is 10.0. The van der Waals surface area contributed by atoms with Crippen LogP contribution < -0.4 is 5.32 Å². The number of aromatic nitrogens is 3. The monoisotopic (exact) mass is 421 g/mol. The number of likely N-dealkylation sites (tertiary alicyclic amines) is 1. The Balaban J connectivity index is 1.24. The number of anilines is 1. The zero-order chi connectivity index (χ0) is 21.4. The van der Waals surface area contributed by atoms with E-state index in [9.17, 15) is 9.59 Å². The van der Waals surface area contributed by atoms with E-state index in [1.807, 2.05) is 57.6 Å². The summed E-state index contributed by atoms with van der Waals surface area (Å²) in [5.41, 5.74) is 1.77. The van der Waals surface area contributed by atoms with Gasteiger partial charge in [-0.15, -0.1) is 0 Å². The Labute approximate surface area is 180 Å². The molecule has 162 valence electrons. The van der Waals surface area contributed by atoms with E-state index >= 15 is 0 Å². The largest absolute Gasteiger partial charge is 0.381 e. The summed E-state index contributed by atoms with van der Waals surface area (Å²) in [6.07, 6.45) is 4.07. The van der Waals surface area contributed by atoms with Gasteiger partial charge in [-0.2, -0.15) is 5.10 Å². The van der Waals surface area contributed by atoms with Gasteiger partial charge in [0.05, 0.1) is 24.8 Å². The third-order valence-electron chi connectivity index (χ3n) is 6.49. The zero-order valence-corrected chi connectivity index (χ0v) is 17.7. The van der Waals surface area contributed by atoms with Crippen LogP contribution in [0.5, 0.6) is 0 Å². The Morgan fingerprint density at radius 1 is 1.13 bits per heavy atom. The summed E-state index contributed by atoms with van der Waals surface area (Å²) < 4.78 is 9.18. The summed E-state index contributed by atoms with van der Waals surface area (Å²) in [5, 5.41) is 8.54. The Hall–Kier alpha value is -3.13. The van der Waals surface area contributed by atoms with Crippen molar-refractivity contribution in [2.45, 2.75) is 25.3 Å². The number of piperidine rings is 1. The van der Waals surface area contributed by atoms with Gasteiger partial charge in [0.1, 0.15) is 11.5 Å². The van der Waals surface area contributed by atoms with Crippen LogP contribution in [0.1, 0.15) is 35.8 Å². The van der Waals surface area contributed by atoms with E-state index in [-0.39, 0.29) is 23.8 Å². The van der Waals surface area contributed by atoms with Crippen LogP contribution in [0.2, 0.25) is 0 Å². The summed E-state index contributed by atoms with van der Waals surface area (Å²) in [6.45, 7) is 2.44. The van der Waals surface area contributed by atoms with Crippen molar-refractivity contribution in [3.8, 4) is 0 Å². The predicted molar refractivity (Wildman–Crippen MR) is 117 cm³/mol. The minimum Gasteiger partial charge on any atom is -0.381 e. The predicted octanol–water partition coefficient (Wildman–Crippen LogP) is 2.83. The highest BCUT2D eigenvalue weighted by molar-refractivity contribution is 5.98. The molecule has 0 spiro atoms. The van der Waals surface area contributed by atoms with Crippen molar-refractivity contribution < 1.29 is 14.3 Å². The lowest BCUT2D eigenvalue weighted by Crippen LogP contribution is -2.40. The van der Waals surface area contributed by atoms with E-state index in [2.05, 4.69) is 10.4 Å². The molecule has 2 fully saturated rings. The van der Waals surface area contributed by atoms with Gasteiger partial charge in [-0.25, -0.2) is 4.68 Å². The molecule has 8 nitrogen and oxygen atoms in total. The first-order valence-electron chi connectivity index (χ1n) is 10.9. The van der Waals surface area contributed by atoms with E-state index < -0.39 is 0 Å². The minimum atomic E-state index is -0.0939. The maximum Gasteiger partial charge on any atom is 0.270 e. The average Bonchev–Trinajstić information content (AvgIpc) is 3.54. The summed E-state index contributed by atoms with van der Waals surface area (Å²) >= 11 is 0. The smallest absolute Gasteiger partial charge is 0.270 e. The van der Waals surface area contributed by atoms with Crippen molar-refractivity contribution in [2.24, 2.45) is 13.0 Å². The number of carbonyl (C=O) groups excluding carboxylic acids is 2. The van der Waals surface area contributed by atoms with Crippen LogP contribution in [-0.2, 0) is 16.6 Å². The Bertz CT molecular complexity index is 1100. The quantitative estimate of drug-likeness (QED) is 0.702. The molecule has 5 rings (SSSR count). The number of rotatable bonds is 4.